The average Bonchev–Trinajstić information content (AvgIpc) is 2.88. The maximum Gasteiger partial charge on any atom is 0.336 e. The van der Waals surface area contributed by atoms with Gasteiger partial charge in [-0.05, 0) is 44.4 Å². The van der Waals surface area contributed by atoms with Crippen LogP contribution in [0.3, 0.4) is 0 Å². The molecule has 9 nitrogen and oxygen atoms in total. The number of nitro benzene ring substituents is 1. The Balaban J connectivity index is 1.62. The molecule has 0 bridgehead atoms. The van der Waals surface area contributed by atoms with Gasteiger partial charge in [0.2, 0.25) is 0 Å². The Kier molecular flexibility index (Phi) is 8.13. The molecule has 194 valence electrons. The van der Waals surface area contributed by atoms with Crippen LogP contribution in [0.4, 0.5) is 5.69 Å². The van der Waals surface area contributed by atoms with Gasteiger partial charge in [-0.3, -0.25) is 24.8 Å². The third-order valence-corrected chi connectivity index (χ3v) is 6.93. The summed E-state index contributed by atoms with van der Waals surface area (Å²) in [6.45, 7) is 5.66. The Labute approximate surface area is 215 Å². The van der Waals surface area contributed by atoms with Crippen molar-refractivity contribution < 1.29 is 24.0 Å². The Bertz CT molecular complexity index is 1240. The molecule has 0 radical (unpaired) electrons. The van der Waals surface area contributed by atoms with Crippen LogP contribution in [0.5, 0.6) is 0 Å². The van der Waals surface area contributed by atoms with Crippen LogP contribution in [0.1, 0.15) is 43.7 Å². The van der Waals surface area contributed by atoms with Crippen LogP contribution in [-0.2, 0) is 25.6 Å². The highest BCUT2D eigenvalue weighted by Gasteiger charge is 2.43. The molecule has 0 aliphatic carbocycles. The lowest BCUT2D eigenvalue weighted by molar-refractivity contribution is -0.384. The van der Waals surface area contributed by atoms with Gasteiger partial charge in [-0.2, -0.15) is 0 Å². The van der Waals surface area contributed by atoms with Crippen molar-refractivity contribution in [2.75, 3.05) is 20.2 Å². The fourth-order valence-electron chi connectivity index (χ4n) is 5.24. The number of methoxy groups -OCH3 is 1. The molecule has 2 aliphatic heterocycles. The SMILES string of the molecule is COC(=O)C1C(C)=NC(C)=C(C(=O)O[C@@H]2CCCN(Cc3ccccc3)C2)[C@@H]1c1cccc([N+](=O)[O-])c1. The molecule has 1 saturated heterocycles. The van der Waals surface area contributed by atoms with E-state index in [-0.39, 0.29) is 17.4 Å². The molecule has 0 N–H and O–H groups in total. The van der Waals surface area contributed by atoms with Crippen LogP contribution in [0, 0.1) is 16.0 Å². The van der Waals surface area contributed by atoms with Crippen molar-refractivity contribution in [3.05, 3.63) is 87.1 Å². The average molecular weight is 506 g/mol. The van der Waals surface area contributed by atoms with E-state index in [9.17, 15) is 19.7 Å². The lowest BCUT2D eigenvalue weighted by Crippen LogP contribution is -2.41. The van der Waals surface area contributed by atoms with Gasteiger partial charge in [-0.1, -0.05) is 42.5 Å². The minimum Gasteiger partial charge on any atom is -0.468 e. The Morgan fingerprint density at radius 1 is 1.14 bits per heavy atom. The number of benzene rings is 2. The van der Waals surface area contributed by atoms with E-state index >= 15 is 0 Å². The Morgan fingerprint density at radius 3 is 2.59 bits per heavy atom. The number of carbonyl (C=O) groups is 2. The predicted octanol–water partition coefficient (Wildman–Crippen LogP) is 4.42. The van der Waals surface area contributed by atoms with Crippen molar-refractivity contribution in [2.45, 2.75) is 45.3 Å². The van der Waals surface area contributed by atoms with Crippen molar-refractivity contribution in [2.24, 2.45) is 10.9 Å². The van der Waals surface area contributed by atoms with Crippen molar-refractivity contribution in [3.8, 4) is 0 Å². The highest BCUT2D eigenvalue weighted by atomic mass is 16.6. The van der Waals surface area contributed by atoms with Crippen molar-refractivity contribution >= 4 is 23.3 Å². The smallest absolute Gasteiger partial charge is 0.336 e. The number of hydrogen-bond donors (Lipinski definition) is 0. The monoisotopic (exact) mass is 505 g/mol. The lowest BCUT2D eigenvalue weighted by atomic mass is 9.75. The zero-order chi connectivity index (χ0) is 26.5. The minimum absolute atomic E-state index is 0.129. The van der Waals surface area contributed by atoms with E-state index < -0.39 is 28.7 Å². The summed E-state index contributed by atoms with van der Waals surface area (Å²) in [6, 6.07) is 16.1. The van der Waals surface area contributed by atoms with Crippen molar-refractivity contribution in [1.82, 2.24) is 4.90 Å². The van der Waals surface area contributed by atoms with Gasteiger partial charge < -0.3 is 9.47 Å². The number of piperidine rings is 1. The number of nitrogens with zero attached hydrogens (tertiary/aromatic N) is 3. The second-order valence-electron chi connectivity index (χ2n) is 9.47. The summed E-state index contributed by atoms with van der Waals surface area (Å²) in [5.74, 6) is -2.85. The summed E-state index contributed by atoms with van der Waals surface area (Å²) >= 11 is 0. The normalized spacial score (nSPS) is 22.2. The van der Waals surface area contributed by atoms with Crippen LogP contribution in [0.25, 0.3) is 0 Å². The summed E-state index contributed by atoms with van der Waals surface area (Å²) in [4.78, 5) is 44.2. The molecule has 2 aromatic carbocycles. The summed E-state index contributed by atoms with van der Waals surface area (Å²) in [6.07, 6.45) is 1.30. The molecule has 9 heteroatoms. The first-order valence-electron chi connectivity index (χ1n) is 12.3. The van der Waals surface area contributed by atoms with Crippen molar-refractivity contribution in [1.29, 1.82) is 0 Å². The largest absolute Gasteiger partial charge is 0.468 e. The molecule has 2 aromatic rings. The van der Waals surface area contributed by atoms with E-state index in [4.69, 9.17) is 9.47 Å². The van der Waals surface area contributed by atoms with Crippen LogP contribution in [0.2, 0.25) is 0 Å². The molecule has 4 rings (SSSR count). The number of allylic oxidation sites excluding steroid dienone is 1. The third kappa shape index (κ3) is 5.94. The Morgan fingerprint density at radius 2 is 1.89 bits per heavy atom. The lowest BCUT2D eigenvalue weighted by Gasteiger charge is -2.35. The minimum atomic E-state index is -0.904. The molecule has 0 amide bonds. The summed E-state index contributed by atoms with van der Waals surface area (Å²) in [5.41, 5.74) is 2.65. The molecule has 2 aliphatic rings. The molecule has 1 fully saturated rings. The number of nitro groups is 1. The predicted molar refractivity (Wildman–Crippen MR) is 138 cm³/mol. The zero-order valence-electron chi connectivity index (χ0n) is 21.3. The standard InChI is InChI=1S/C28H31N3O6/c1-18-24(27(32)36-3)26(21-11-7-12-22(15-21)31(34)35)25(19(2)29-18)28(33)37-23-13-8-14-30(17-23)16-20-9-5-4-6-10-20/h4-7,9-12,15,23-24,26H,8,13-14,16-17H2,1-3H3/t23-,24?,26-/m1/s1. The highest BCUT2D eigenvalue weighted by molar-refractivity contribution is 6.07. The fraction of sp³-hybridized carbons (Fsp3) is 0.393. The van der Waals surface area contributed by atoms with Gasteiger partial charge >= 0.3 is 11.9 Å². The number of carbonyl (C=O) groups excluding carboxylic acids is 2. The van der Waals surface area contributed by atoms with Crippen LogP contribution in [-0.4, -0.2) is 53.8 Å². The number of rotatable bonds is 7. The molecule has 3 atom stereocenters. The van der Waals surface area contributed by atoms with Gasteiger partial charge in [-0.25, -0.2) is 4.79 Å². The molecular formula is C28H31N3O6. The fourth-order valence-corrected chi connectivity index (χ4v) is 5.24. The molecule has 0 aromatic heterocycles. The second-order valence-corrected chi connectivity index (χ2v) is 9.47. The third-order valence-electron chi connectivity index (χ3n) is 6.93. The number of likely N-dealkylation sites (tertiary alicyclic amines) is 1. The van der Waals surface area contributed by atoms with E-state index in [0.717, 1.165) is 25.9 Å². The number of esters is 2. The molecule has 2 heterocycles. The van der Waals surface area contributed by atoms with Crippen LogP contribution >= 0.6 is 0 Å². The van der Waals surface area contributed by atoms with Gasteiger partial charge in [0.15, 0.2) is 0 Å². The topological polar surface area (TPSA) is 111 Å². The number of ether oxygens (including phenoxy) is 2. The maximum absolute atomic E-state index is 13.7. The van der Waals surface area contributed by atoms with Gasteiger partial charge in [0, 0.05) is 42.5 Å². The van der Waals surface area contributed by atoms with E-state index in [2.05, 4.69) is 22.0 Å². The maximum atomic E-state index is 13.7. The van der Waals surface area contributed by atoms with E-state index in [1.54, 1.807) is 26.0 Å². The molecule has 0 spiro atoms. The van der Waals surface area contributed by atoms with Crippen molar-refractivity contribution in [3.63, 3.8) is 0 Å². The zero-order valence-corrected chi connectivity index (χ0v) is 21.3. The van der Waals surface area contributed by atoms with Gasteiger partial charge in [0.1, 0.15) is 12.0 Å². The number of hydrogen-bond acceptors (Lipinski definition) is 8. The summed E-state index contributed by atoms with van der Waals surface area (Å²) in [7, 11) is 1.27. The summed E-state index contributed by atoms with van der Waals surface area (Å²) in [5, 5.41) is 11.5. The van der Waals surface area contributed by atoms with E-state index in [1.165, 1.54) is 24.8 Å². The number of non-ortho nitro benzene ring substituents is 1. The van der Waals surface area contributed by atoms with Crippen LogP contribution in [0.15, 0.2) is 70.9 Å². The summed E-state index contributed by atoms with van der Waals surface area (Å²) < 4.78 is 11.0. The van der Waals surface area contributed by atoms with Gasteiger partial charge in [-0.15, -0.1) is 0 Å². The first-order valence-corrected chi connectivity index (χ1v) is 12.3. The second kappa shape index (κ2) is 11.5. The molecule has 1 unspecified atom stereocenters. The number of aliphatic imine (C=N–C) groups is 1. The molecule has 0 saturated carbocycles. The van der Waals surface area contributed by atoms with Gasteiger partial charge in [0.05, 0.1) is 17.6 Å². The van der Waals surface area contributed by atoms with E-state index in [1.807, 2.05) is 18.2 Å². The molecular weight excluding hydrogens is 474 g/mol. The van der Waals surface area contributed by atoms with E-state index in [0.29, 0.717) is 23.5 Å². The Hall–Kier alpha value is -3.85. The molecule has 37 heavy (non-hydrogen) atoms. The highest BCUT2D eigenvalue weighted by Crippen LogP contribution is 2.41. The quantitative estimate of drug-likeness (QED) is 0.311. The van der Waals surface area contributed by atoms with Gasteiger partial charge in [0.25, 0.3) is 5.69 Å². The first kappa shape index (κ1) is 26.2. The van der Waals surface area contributed by atoms with Crippen LogP contribution < -0.4 is 0 Å². The first-order chi connectivity index (χ1) is 17.8.